The lowest BCUT2D eigenvalue weighted by Gasteiger charge is -2.09. The van der Waals surface area contributed by atoms with Crippen LogP contribution >= 0.6 is 0 Å². The smallest absolute Gasteiger partial charge is 0.343 e. The number of nitrogens with one attached hydrogen (secondary N) is 2. The molecular formula is C12H18N2O3. The van der Waals surface area contributed by atoms with Gasteiger partial charge in [-0.1, -0.05) is 13.8 Å². The number of methoxy groups -OCH3 is 1. The molecule has 0 aromatic heterocycles. The molecular weight excluding hydrogens is 220 g/mol. The van der Waals surface area contributed by atoms with Crippen molar-refractivity contribution in [2.45, 2.75) is 13.8 Å². The van der Waals surface area contributed by atoms with Gasteiger partial charge in [0.15, 0.2) is 0 Å². The summed E-state index contributed by atoms with van der Waals surface area (Å²) in [4.78, 5) is 16.4. The van der Waals surface area contributed by atoms with Crippen LogP contribution in [0.25, 0.3) is 0 Å². The molecule has 0 saturated heterocycles. The van der Waals surface area contributed by atoms with Crippen molar-refractivity contribution in [2.24, 2.45) is 5.92 Å². The second-order valence-electron chi connectivity index (χ2n) is 3.99. The normalized spacial score (nSPS) is 10.1. The molecule has 2 amide bonds. The van der Waals surface area contributed by atoms with Gasteiger partial charge in [0, 0.05) is 5.69 Å². The van der Waals surface area contributed by atoms with Crippen LogP contribution in [0.2, 0.25) is 0 Å². The molecule has 5 heteroatoms. The first-order valence-electron chi connectivity index (χ1n) is 5.44. The van der Waals surface area contributed by atoms with Crippen LogP contribution in [0, 0.1) is 5.92 Å². The molecule has 0 saturated carbocycles. The zero-order valence-corrected chi connectivity index (χ0v) is 10.3. The zero-order valence-electron chi connectivity index (χ0n) is 10.3. The summed E-state index contributed by atoms with van der Waals surface area (Å²) in [6.45, 7) is 4.49. The molecule has 0 spiro atoms. The minimum Gasteiger partial charge on any atom is -0.497 e. The minimum atomic E-state index is -0.393. The Morgan fingerprint density at radius 3 is 2.47 bits per heavy atom. The average Bonchev–Trinajstić information content (AvgIpc) is 2.29. The molecule has 1 rings (SSSR count). The topological polar surface area (TPSA) is 59.6 Å². The molecule has 17 heavy (non-hydrogen) atoms. The third kappa shape index (κ3) is 5.21. The fourth-order valence-electron chi connectivity index (χ4n) is 1.10. The fraction of sp³-hybridized carbons (Fsp3) is 0.417. The van der Waals surface area contributed by atoms with E-state index in [0.717, 1.165) is 5.75 Å². The van der Waals surface area contributed by atoms with Crippen LogP contribution in [-0.2, 0) is 4.84 Å². The summed E-state index contributed by atoms with van der Waals surface area (Å²) < 4.78 is 5.01. The first-order chi connectivity index (χ1) is 8.11. The molecule has 2 N–H and O–H groups in total. The molecule has 0 aliphatic heterocycles. The number of carbonyl (C=O) groups excluding carboxylic acids is 1. The maximum Gasteiger partial charge on any atom is 0.343 e. The minimum absolute atomic E-state index is 0.372. The molecule has 0 bridgehead atoms. The number of hydrogen-bond acceptors (Lipinski definition) is 3. The predicted molar refractivity (Wildman–Crippen MR) is 65.9 cm³/mol. The van der Waals surface area contributed by atoms with Crippen molar-refractivity contribution < 1.29 is 14.4 Å². The Labute approximate surface area is 101 Å². The Morgan fingerprint density at radius 1 is 1.29 bits per heavy atom. The lowest BCUT2D eigenvalue weighted by Crippen LogP contribution is -2.30. The van der Waals surface area contributed by atoms with Crippen molar-refractivity contribution in [2.75, 3.05) is 19.0 Å². The van der Waals surface area contributed by atoms with Crippen LogP contribution in [0.1, 0.15) is 13.8 Å². The quantitative estimate of drug-likeness (QED) is 0.774. The van der Waals surface area contributed by atoms with E-state index >= 15 is 0 Å². The second kappa shape index (κ2) is 6.75. The molecule has 1 aromatic rings. The highest BCUT2D eigenvalue weighted by atomic mass is 16.7. The van der Waals surface area contributed by atoms with E-state index in [1.54, 1.807) is 31.4 Å². The number of rotatable bonds is 5. The molecule has 0 heterocycles. The van der Waals surface area contributed by atoms with Gasteiger partial charge < -0.3 is 10.1 Å². The summed E-state index contributed by atoms with van der Waals surface area (Å²) in [7, 11) is 1.59. The van der Waals surface area contributed by atoms with Gasteiger partial charge in [-0.15, -0.1) is 0 Å². The van der Waals surface area contributed by atoms with Crippen molar-refractivity contribution in [3.05, 3.63) is 24.3 Å². The van der Waals surface area contributed by atoms with Crippen LogP contribution in [0.4, 0.5) is 10.5 Å². The highest BCUT2D eigenvalue weighted by Gasteiger charge is 2.02. The number of urea groups is 1. The van der Waals surface area contributed by atoms with Crippen molar-refractivity contribution >= 4 is 11.7 Å². The van der Waals surface area contributed by atoms with Gasteiger partial charge in [-0.25, -0.2) is 10.3 Å². The summed E-state index contributed by atoms with van der Waals surface area (Å²) in [6.07, 6.45) is 0. The molecule has 0 atom stereocenters. The molecule has 0 aliphatic rings. The van der Waals surface area contributed by atoms with Crippen molar-refractivity contribution in [1.82, 2.24) is 5.48 Å². The van der Waals surface area contributed by atoms with Crippen LogP contribution in [0.15, 0.2) is 24.3 Å². The van der Waals surface area contributed by atoms with Crippen LogP contribution in [-0.4, -0.2) is 19.7 Å². The van der Waals surface area contributed by atoms with Crippen molar-refractivity contribution in [1.29, 1.82) is 0 Å². The summed E-state index contributed by atoms with van der Waals surface area (Å²) in [5.41, 5.74) is 2.99. The second-order valence-corrected chi connectivity index (χ2v) is 3.99. The Morgan fingerprint density at radius 2 is 1.94 bits per heavy atom. The number of benzene rings is 1. The van der Waals surface area contributed by atoms with Gasteiger partial charge in [-0.3, -0.25) is 4.84 Å². The van der Waals surface area contributed by atoms with Gasteiger partial charge in [0.2, 0.25) is 0 Å². The van der Waals surface area contributed by atoms with E-state index in [0.29, 0.717) is 18.2 Å². The van der Waals surface area contributed by atoms with E-state index in [1.165, 1.54) is 0 Å². The number of amides is 2. The Bertz CT molecular complexity index is 349. The van der Waals surface area contributed by atoms with Gasteiger partial charge in [0.05, 0.1) is 13.7 Å². The summed E-state index contributed by atoms with van der Waals surface area (Å²) in [6, 6.07) is 6.65. The molecule has 5 nitrogen and oxygen atoms in total. The zero-order chi connectivity index (χ0) is 12.7. The van der Waals surface area contributed by atoms with E-state index in [9.17, 15) is 4.79 Å². The number of ether oxygens (including phenoxy) is 1. The van der Waals surface area contributed by atoms with Gasteiger partial charge in [0.1, 0.15) is 5.75 Å². The summed E-state index contributed by atoms with van der Waals surface area (Å²) in [5, 5.41) is 2.64. The third-order valence-electron chi connectivity index (χ3n) is 1.93. The largest absolute Gasteiger partial charge is 0.497 e. The predicted octanol–water partition coefficient (Wildman–Crippen LogP) is 2.40. The molecule has 0 unspecified atom stereocenters. The Kier molecular flexibility index (Phi) is 5.29. The van der Waals surface area contributed by atoms with E-state index in [2.05, 4.69) is 10.8 Å². The van der Waals surface area contributed by atoms with Crippen LogP contribution < -0.4 is 15.5 Å². The first kappa shape index (κ1) is 13.3. The Balaban J connectivity index is 2.34. The van der Waals surface area contributed by atoms with E-state index < -0.39 is 6.03 Å². The number of carbonyl (C=O) groups is 1. The van der Waals surface area contributed by atoms with E-state index in [1.807, 2.05) is 13.8 Å². The van der Waals surface area contributed by atoms with Crippen LogP contribution in [0.5, 0.6) is 5.75 Å². The highest BCUT2D eigenvalue weighted by molar-refractivity contribution is 5.88. The summed E-state index contributed by atoms with van der Waals surface area (Å²) in [5.74, 6) is 1.11. The monoisotopic (exact) mass is 238 g/mol. The molecule has 0 radical (unpaired) electrons. The maximum atomic E-state index is 11.4. The number of hydroxylamine groups is 1. The standard InChI is InChI=1S/C12H18N2O3/c1-9(2)8-17-14-12(15)13-10-4-6-11(16-3)7-5-10/h4-7,9H,8H2,1-3H3,(H2,13,14,15). The lowest BCUT2D eigenvalue weighted by molar-refractivity contribution is 0.0482. The fourth-order valence-corrected chi connectivity index (χ4v) is 1.10. The van der Waals surface area contributed by atoms with E-state index in [4.69, 9.17) is 9.57 Å². The molecule has 0 fully saturated rings. The lowest BCUT2D eigenvalue weighted by atomic mass is 10.2. The average molecular weight is 238 g/mol. The molecule has 94 valence electrons. The van der Waals surface area contributed by atoms with Gasteiger partial charge in [0.25, 0.3) is 0 Å². The van der Waals surface area contributed by atoms with Gasteiger partial charge in [-0.2, -0.15) is 0 Å². The van der Waals surface area contributed by atoms with Crippen molar-refractivity contribution in [3.8, 4) is 5.75 Å². The third-order valence-corrected chi connectivity index (χ3v) is 1.93. The first-order valence-corrected chi connectivity index (χ1v) is 5.44. The summed E-state index contributed by atoms with van der Waals surface area (Å²) >= 11 is 0. The number of anilines is 1. The van der Waals surface area contributed by atoms with Crippen molar-refractivity contribution in [3.63, 3.8) is 0 Å². The van der Waals surface area contributed by atoms with Crippen LogP contribution in [0.3, 0.4) is 0 Å². The van der Waals surface area contributed by atoms with Gasteiger partial charge >= 0.3 is 6.03 Å². The number of hydrogen-bond donors (Lipinski definition) is 2. The van der Waals surface area contributed by atoms with Gasteiger partial charge in [-0.05, 0) is 30.2 Å². The van der Waals surface area contributed by atoms with E-state index in [-0.39, 0.29) is 0 Å². The maximum absolute atomic E-state index is 11.4. The molecule has 0 aliphatic carbocycles. The Hall–Kier alpha value is -1.75. The molecule has 1 aromatic carbocycles. The SMILES string of the molecule is COc1ccc(NC(=O)NOCC(C)C)cc1. The highest BCUT2D eigenvalue weighted by Crippen LogP contribution is 2.14.